The molecule has 1 amide bonds. The Kier molecular flexibility index (Phi) is 6.75. The Morgan fingerprint density at radius 2 is 1.88 bits per heavy atom. The second kappa shape index (κ2) is 10.1. The van der Waals surface area contributed by atoms with Crippen molar-refractivity contribution in [2.75, 3.05) is 57.5 Å². The Balaban J connectivity index is 1.40. The van der Waals surface area contributed by atoms with Gasteiger partial charge in [0.2, 0.25) is 0 Å². The molecule has 0 aliphatic carbocycles. The van der Waals surface area contributed by atoms with Crippen molar-refractivity contribution in [3.8, 4) is 11.5 Å². The summed E-state index contributed by atoms with van der Waals surface area (Å²) < 4.78 is 17.9. The van der Waals surface area contributed by atoms with E-state index in [2.05, 4.69) is 30.0 Å². The lowest BCUT2D eigenvalue weighted by molar-refractivity contribution is 0.0376. The summed E-state index contributed by atoms with van der Waals surface area (Å²) in [5.74, 6) is 1.24. The van der Waals surface area contributed by atoms with E-state index in [0.29, 0.717) is 36.8 Å². The molecule has 1 aromatic heterocycles. The van der Waals surface area contributed by atoms with Gasteiger partial charge in [0.1, 0.15) is 13.2 Å². The summed E-state index contributed by atoms with van der Waals surface area (Å²) in [5.41, 5.74) is 2.79. The molecule has 0 unspecified atom stereocenters. The highest BCUT2D eigenvalue weighted by molar-refractivity contribution is 7.22. The number of rotatable bonds is 7. The van der Waals surface area contributed by atoms with Crippen LogP contribution in [0.5, 0.6) is 11.5 Å². The van der Waals surface area contributed by atoms with Crippen molar-refractivity contribution in [3.05, 3.63) is 47.5 Å². The van der Waals surface area contributed by atoms with Gasteiger partial charge in [0, 0.05) is 31.7 Å². The topological polar surface area (TPSA) is 64.1 Å². The molecule has 2 aliphatic rings. The van der Waals surface area contributed by atoms with Crippen LogP contribution in [0.2, 0.25) is 0 Å². The van der Waals surface area contributed by atoms with E-state index in [9.17, 15) is 4.79 Å². The number of nitrogens with zero attached hydrogens (tertiary/aromatic N) is 3. The summed E-state index contributed by atoms with van der Waals surface area (Å²) in [6.45, 7) is 8.13. The van der Waals surface area contributed by atoms with Crippen molar-refractivity contribution >= 4 is 32.6 Å². The standard InChI is InChI=1S/C25H29N3O4S/c1-2-18-4-6-20-23(16-18)33-25(26-20)28(9-3-8-27-10-12-30-13-11-27)24(29)19-5-7-21-22(17-19)32-15-14-31-21/h4-7,16-17H,2-3,8-15H2,1H3. The average Bonchev–Trinajstić information content (AvgIpc) is 3.29. The summed E-state index contributed by atoms with van der Waals surface area (Å²) >= 11 is 1.58. The summed E-state index contributed by atoms with van der Waals surface area (Å²) in [5, 5.41) is 0.736. The maximum atomic E-state index is 13.7. The zero-order chi connectivity index (χ0) is 22.6. The van der Waals surface area contributed by atoms with Crippen LogP contribution in [0.1, 0.15) is 29.3 Å². The highest BCUT2D eigenvalue weighted by Crippen LogP contribution is 2.34. The quantitative estimate of drug-likeness (QED) is 0.523. The fourth-order valence-electron chi connectivity index (χ4n) is 4.19. The number of anilines is 1. The molecule has 3 aromatic rings. The molecule has 3 heterocycles. The molecule has 8 heteroatoms. The first kappa shape index (κ1) is 22.1. The van der Waals surface area contributed by atoms with Crippen LogP contribution < -0.4 is 14.4 Å². The fourth-order valence-corrected chi connectivity index (χ4v) is 5.24. The normalized spacial score (nSPS) is 16.2. The van der Waals surface area contributed by atoms with Crippen LogP contribution in [0.15, 0.2) is 36.4 Å². The molecule has 1 saturated heterocycles. The SMILES string of the molecule is CCc1ccc2nc(N(CCCN3CCOCC3)C(=O)c3ccc4c(c3)OCCO4)sc2c1. The molecule has 5 rings (SSSR count). The number of carbonyl (C=O) groups is 1. The first-order chi connectivity index (χ1) is 16.2. The second-order valence-corrected chi connectivity index (χ2v) is 9.28. The molecule has 2 aliphatic heterocycles. The Morgan fingerprint density at radius 1 is 1.06 bits per heavy atom. The molecular formula is C25H29N3O4S. The summed E-state index contributed by atoms with van der Waals surface area (Å²) in [7, 11) is 0. The third kappa shape index (κ3) is 4.98. The predicted octanol–water partition coefficient (Wildman–Crippen LogP) is 4.00. The summed E-state index contributed by atoms with van der Waals surface area (Å²) in [4.78, 5) is 22.7. The van der Waals surface area contributed by atoms with E-state index in [-0.39, 0.29) is 5.91 Å². The van der Waals surface area contributed by atoms with Gasteiger partial charge in [-0.05, 0) is 48.7 Å². The van der Waals surface area contributed by atoms with Crippen molar-refractivity contribution in [2.45, 2.75) is 19.8 Å². The highest BCUT2D eigenvalue weighted by Gasteiger charge is 2.24. The Morgan fingerprint density at radius 3 is 2.70 bits per heavy atom. The lowest BCUT2D eigenvalue weighted by Crippen LogP contribution is -2.39. The molecule has 0 atom stereocenters. The molecule has 2 aromatic carbocycles. The first-order valence-electron chi connectivity index (χ1n) is 11.6. The van der Waals surface area contributed by atoms with Gasteiger partial charge in [0.15, 0.2) is 16.6 Å². The van der Waals surface area contributed by atoms with Crippen LogP contribution in [-0.4, -0.2) is 68.4 Å². The molecular weight excluding hydrogens is 438 g/mol. The van der Waals surface area contributed by atoms with Crippen LogP contribution in [0.3, 0.4) is 0 Å². The van der Waals surface area contributed by atoms with E-state index in [1.165, 1.54) is 5.56 Å². The minimum Gasteiger partial charge on any atom is -0.486 e. The average molecular weight is 468 g/mol. The van der Waals surface area contributed by atoms with Gasteiger partial charge in [-0.25, -0.2) is 4.98 Å². The van der Waals surface area contributed by atoms with Crippen LogP contribution in [0.25, 0.3) is 10.2 Å². The zero-order valence-electron chi connectivity index (χ0n) is 18.9. The molecule has 33 heavy (non-hydrogen) atoms. The zero-order valence-corrected chi connectivity index (χ0v) is 19.7. The number of hydrogen-bond donors (Lipinski definition) is 0. The molecule has 7 nitrogen and oxygen atoms in total. The van der Waals surface area contributed by atoms with Crippen molar-refractivity contribution < 1.29 is 19.0 Å². The maximum Gasteiger partial charge on any atom is 0.260 e. The van der Waals surface area contributed by atoms with E-state index in [4.69, 9.17) is 19.2 Å². The number of morpholine rings is 1. The van der Waals surface area contributed by atoms with Gasteiger partial charge in [-0.15, -0.1) is 0 Å². The van der Waals surface area contributed by atoms with Crippen molar-refractivity contribution in [3.63, 3.8) is 0 Å². The third-order valence-corrected chi connectivity index (χ3v) is 7.12. The molecule has 0 saturated carbocycles. The molecule has 1 fully saturated rings. The number of aromatic nitrogens is 1. The Bertz CT molecular complexity index is 1130. The van der Waals surface area contributed by atoms with E-state index in [0.717, 1.165) is 61.0 Å². The minimum atomic E-state index is -0.0660. The van der Waals surface area contributed by atoms with Crippen LogP contribution >= 0.6 is 11.3 Å². The number of thiazole rings is 1. The van der Waals surface area contributed by atoms with Gasteiger partial charge in [0.25, 0.3) is 5.91 Å². The van der Waals surface area contributed by atoms with E-state index < -0.39 is 0 Å². The number of amides is 1. The van der Waals surface area contributed by atoms with Gasteiger partial charge in [0.05, 0.1) is 23.4 Å². The summed E-state index contributed by atoms with van der Waals surface area (Å²) in [6.07, 6.45) is 1.84. The summed E-state index contributed by atoms with van der Waals surface area (Å²) in [6, 6.07) is 11.8. The molecule has 174 valence electrons. The van der Waals surface area contributed by atoms with Crippen molar-refractivity contribution in [2.24, 2.45) is 0 Å². The Labute approximate surface area is 197 Å². The van der Waals surface area contributed by atoms with E-state index >= 15 is 0 Å². The van der Waals surface area contributed by atoms with Crippen molar-refractivity contribution in [1.82, 2.24) is 9.88 Å². The van der Waals surface area contributed by atoms with Crippen LogP contribution in [0.4, 0.5) is 5.13 Å². The largest absolute Gasteiger partial charge is 0.486 e. The molecule has 0 N–H and O–H groups in total. The number of fused-ring (bicyclic) bond motifs is 2. The van der Waals surface area contributed by atoms with Crippen molar-refractivity contribution in [1.29, 1.82) is 0 Å². The number of ether oxygens (including phenoxy) is 3. The fraction of sp³-hybridized carbons (Fsp3) is 0.440. The minimum absolute atomic E-state index is 0.0660. The van der Waals surface area contributed by atoms with E-state index in [1.807, 2.05) is 17.0 Å². The lowest BCUT2D eigenvalue weighted by Gasteiger charge is -2.28. The molecule has 0 radical (unpaired) electrons. The molecule has 0 bridgehead atoms. The van der Waals surface area contributed by atoms with Gasteiger partial charge >= 0.3 is 0 Å². The monoisotopic (exact) mass is 467 g/mol. The second-order valence-electron chi connectivity index (χ2n) is 8.27. The number of hydrogen-bond acceptors (Lipinski definition) is 7. The van der Waals surface area contributed by atoms with Gasteiger partial charge in [-0.1, -0.05) is 24.3 Å². The highest BCUT2D eigenvalue weighted by atomic mass is 32.1. The maximum absolute atomic E-state index is 13.7. The number of benzene rings is 2. The van der Waals surface area contributed by atoms with E-state index in [1.54, 1.807) is 17.4 Å². The predicted molar refractivity (Wildman–Crippen MR) is 130 cm³/mol. The van der Waals surface area contributed by atoms with Gasteiger partial charge < -0.3 is 14.2 Å². The first-order valence-corrected chi connectivity index (χ1v) is 12.4. The number of aryl methyl sites for hydroxylation is 1. The van der Waals surface area contributed by atoms with Crippen LogP contribution in [0, 0.1) is 0 Å². The van der Waals surface area contributed by atoms with Gasteiger partial charge in [-0.3, -0.25) is 14.6 Å². The smallest absolute Gasteiger partial charge is 0.260 e. The van der Waals surface area contributed by atoms with Crippen LogP contribution in [-0.2, 0) is 11.2 Å². The molecule has 0 spiro atoms. The third-order valence-electron chi connectivity index (χ3n) is 6.07. The Hall–Kier alpha value is -2.68. The van der Waals surface area contributed by atoms with Gasteiger partial charge in [-0.2, -0.15) is 0 Å². The lowest BCUT2D eigenvalue weighted by atomic mass is 10.1. The number of carbonyl (C=O) groups excluding carboxylic acids is 1.